The molecule has 0 heterocycles. The molecule has 0 spiro atoms. The van der Waals surface area contributed by atoms with Gasteiger partial charge in [-0.1, -0.05) is 28.1 Å². The summed E-state index contributed by atoms with van der Waals surface area (Å²) in [5.74, 6) is -1.47. The maximum atomic E-state index is 12.3. The highest BCUT2D eigenvalue weighted by Gasteiger charge is 2.12. The lowest BCUT2D eigenvalue weighted by Gasteiger charge is -2.13. The van der Waals surface area contributed by atoms with Crippen molar-refractivity contribution in [1.82, 2.24) is 10.7 Å². The van der Waals surface area contributed by atoms with Crippen LogP contribution in [0.25, 0.3) is 0 Å². The Morgan fingerprint density at radius 1 is 1.09 bits per heavy atom. The minimum Gasteiger partial charge on any atom is -0.484 e. The van der Waals surface area contributed by atoms with Gasteiger partial charge in [0.25, 0.3) is 5.91 Å². The van der Waals surface area contributed by atoms with E-state index < -0.39 is 11.8 Å². The van der Waals surface area contributed by atoms with Crippen LogP contribution in [0.4, 0.5) is 5.69 Å². The van der Waals surface area contributed by atoms with Crippen LogP contribution in [0.15, 0.2) is 46.0 Å². The van der Waals surface area contributed by atoms with Crippen molar-refractivity contribution in [2.24, 2.45) is 5.10 Å². The largest absolute Gasteiger partial charge is 0.484 e. The first kappa shape index (κ1) is 28.0. The third-order valence-electron chi connectivity index (χ3n) is 4.63. The van der Waals surface area contributed by atoms with E-state index in [2.05, 4.69) is 37.1 Å². The van der Waals surface area contributed by atoms with E-state index in [1.54, 1.807) is 24.3 Å². The number of rotatable bonds is 11. The fraction of sp³-hybridized carbons (Fsp3) is 0.360. The number of halogens is 1. The molecule has 3 amide bonds. The number of amides is 3. The molecule has 0 saturated carbocycles. The molecular weight excluding hydrogens is 516 g/mol. The summed E-state index contributed by atoms with van der Waals surface area (Å²) < 4.78 is 11.9. The molecule has 0 aromatic heterocycles. The second kappa shape index (κ2) is 14.2. The molecule has 0 aliphatic rings. The van der Waals surface area contributed by atoms with Crippen LogP contribution in [0.2, 0.25) is 0 Å². The molecule has 2 aromatic rings. The normalized spacial score (nSPS) is 10.9. The summed E-state index contributed by atoms with van der Waals surface area (Å²) in [6.45, 7) is 8.35. The molecule has 3 N–H and O–H groups in total. The fourth-order valence-corrected chi connectivity index (χ4v) is 3.69. The van der Waals surface area contributed by atoms with Gasteiger partial charge >= 0.3 is 11.8 Å². The first-order valence-electron chi connectivity index (χ1n) is 11.2. The predicted octanol–water partition coefficient (Wildman–Crippen LogP) is 3.46. The molecule has 0 unspecified atom stereocenters. The lowest BCUT2D eigenvalue weighted by atomic mass is 10.1. The van der Waals surface area contributed by atoms with E-state index in [-0.39, 0.29) is 18.6 Å². The first-order chi connectivity index (χ1) is 16.7. The number of aryl methyl sites for hydroxylation is 2. The molecule has 2 rings (SSSR count). The number of hydrogen-bond donors (Lipinski definition) is 3. The van der Waals surface area contributed by atoms with Crippen molar-refractivity contribution in [3.05, 3.63) is 57.6 Å². The molecule has 0 aliphatic heterocycles. The van der Waals surface area contributed by atoms with E-state index in [0.29, 0.717) is 30.9 Å². The maximum absolute atomic E-state index is 12.3. The predicted molar refractivity (Wildman–Crippen MR) is 139 cm³/mol. The average molecular weight is 547 g/mol. The van der Waals surface area contributed by atoms with Crippen molar-refractivity contribution < 1.29 is 23.9 Å². The maximum Gasteiger partial charge on any atom is 0.329 e. The van der Waals surface area contributed by atoms with Gasteiger partial charge in [-0.05, 0) is 75.1 Å². The van der Waals surface area contributed by atoms with Gasteiger partial charge in [-0.15, -0.1) is 0 Å². The van der Waals surface area contributed by atoms with E-state index in [1.807, 2.05) is 39.8 Å². The first-order valence-corrected chi connectivity index (χ1v) is 12.0. The van der Waals surface area contributed by atoms with Gasteiger partial charge in [0.1, 0.15) is 5.75 Å². The summed E-state index contributed by atoms with van der Waals surface area (Å²) in [7, 11) is 0. The van der Waals surface area contributed by atoms with Crippen LogP contribution in [0, 0.1) is 13.8 Å². The number of nitrogens with one attached hydrogen (secondary N) is 3. The molecule has 35 heavy (non-hydrogen) atoms. The number of anilines is 1. The average Bonchev–Trinajstić information content (AvgIpc) is 2.79. The highest BCUT2D eigenvalue weighted by atomic mass is 79.9. The van der Waals surface area contributed by atoms with Crippen LogP contribution in [-0.4, -0.2) is 49.8 Å². The molecule has 188 valence electrons. The Labute approximate surface area is 213 Å². The van der Waals surface area contributed by atoms with Crippen molar-refractivity contribution in [2.75, 3.05) is 25.1 Å². The second-order valence-electron chi connectivity index (χ2n) is 8.05. The topological polar surface area (TPSA) is 118 Å². The Kier molecular flexibility index (Phi) is 11.4. The fourth-order valence-electron chi connectivity index (χ4n) is 3.01. The molecule has 0 bridgehead atoms. The number of benzene rings is 2. The number of carbonyl (C=O) groups is 3. The lowest BCUT2D eigenvalue weighted by molar-refractivity contribution is -0.139. The smallest absolute Gasteiger partial charge is 0.329 e. The molecular formula is C25H31BrN4O5. The number of hydrogen-bond acceptors (Lipinski definition) is 6. The zero-order chi connectivity index (χ0) is 25.8. The van der Waals surface area contributed by atoms with Gasteiger partial charge in [0.15, 0.2) is 6.61 Å². The van der Waals surface area contributed by atoms with Gasteiger partial charge < -0.3 is 20.1 Å². The Morgan fingerprint density at radius 2 is 1.80 bits per heavy atom. The van der Waals surface area contributed by atoms with Crippen molar-refractivity contribution in [1.29, 1.82) is 0 Å². The van der Waals surface area contributed by atoms with Gasteiger partial charge in [0.2, 0.25) is 0 Å². The zero-order valence-electron chi connectivity index (χ0n) is 20.3. The summed E-state index contributed by atoms with van der Waals surface area (Å²) in [6, 6.07) is 10.7. The van der Waals surface area contributed by atoms with Gasteiger partial charge in [-0.25, -0.2) is 5.43 Å². The van der Waals surface area contributed by atoms with Gasteiger partial charge in [-0.2, -0.15) is 5.10 Å². The Morgan fingerprint density at radius 3 is 2.49 bits per heavy atom. The molecule has 9 nitrogen and oxygen atoms in total. The van der Waals surface area contributed by atoms with E-state index >= 15 is 0 Å². The quantitative estimate of drug-likeness (QED) is 0.172. The molecule has 0 saturated heterocycles. The van der Waals surface area contributed by atoms with Crippen LogP contribution in [0.3, 0.4) is 0 Å². The number of hydrazone groups is 1. The molecule has 10 heteroatoms. The van der Waals surface area contributed by atoms with E-state index in [0.717, 1.165) is 21.3 Å². The van der Waals surface area contributed by atoms with Crippen LogP contribution in [0.5, 0.6) is 5.75 Å². The summed E-state index contributed by atoms with van der Waals surface area (Å²) in [5.41, 5.74) is 5.44. The standard InChI is InChI=1S/C25H31BrN4O5/c1-16(2)34-10-6-9-27-24(32)25(33)30-28-14-19-7-5-8-21(13-19)35-15-22(31)29-23-17(3)11-20(26)12-18(23)4/h5,7-8,11-14,16H,6,9-10,15H2,1-4H3,(H,27,32)(H,29,31)(H,30,33)/b28-14-. The van der Waals surface area contributed by atoms with E-state index in [1.165, 1.54) is 6.21 Å². The van der Waals surface area contributed by atoms with Gasteiger partial charge in [-0.3, -0.25) is 14.4 Å². The van der Waals surface area contributed by atoms with Crippen LogP contribution in [0.1, 0.15) is 37.0 Å². The molecule has 0 radical (unpaired) electrons. The number of nitrogens with zero attached hydrogens (tertiary/aromatic N) is 1. The van der Waals surface area contributed by atoms with Gasteiger partial charge in [0.05, 0.1) is 12.3 Å². The minimum absolute atomic E-state index is 0.120. The van der Waals surface area contributed by atoms with E-state index in [9.17, 15) is 14.4 Å². The molecule has 2 aromatic carbocycles. The van der Waals surface area contributed by atoms with Gasteiger partial charge in [0, 0.05) is 23.3 Å². The SMILES string of the molecule is Cc1cc(Br)cc(C)c1NC(=O)COc1cccc(/C=N\NC(=O)C(=O)NCCCOC(C)C)c1. The Hall–Kier alpha value is -3.24. The summed E-state index contributed by atoms with van der Waals surface area (Å²) in [4.78, 5) is 35.9. The van der Waals surface area contributed by atoms with Crippen molar-refractivity contribution >= 4 is 45.6 Å². The van der Waals surface area contributed by atoms with Crippen molar-refractivity contribution in [2.45, 2.75) is 40.2 Å². The second-order valence-corrected chi connectivity index (χ2v) is 8.97. The Bertz CT molecular complexity index is 1050. The minimum atomic E-state index is -0.867. The molecule has 0 fully saturated rings. The zero-order valence-corrected chi connectivity index (χ0v) is 21.9. The molecule has 0 aliphatic carbocycles. The highest BCUT2D eigenvalue weighted by Crippen LogP contribution is 2.25. The van der Waals surface area contributed by atoms with Crippen molar-refractivity contribution in [3.63, 3.8) is 0 Å². The van der Waals surface area contributed by atoms with Crippen LogP contribution >= 0.6 is 15.9 Å². The third-order valence-corrected chi connectivity index (χ3v) is 5.09. The summed E-state index contributed by atoms with van der Waals surface area (Å²) >= 11 is 3.44. The summed E-state index contributed by atoms with van der Waals surface area (Å²) in [5, 5.41) is 9.17. The summed E-state index contributed by atoms with van der Waals surface area (Å²) in [6.07, 6.45) is 2.10. The van der Waals surface area contributed by atoms with E-state index in [4.69, 9.17) is 9.47 Å². The molecule has 0 atom stereocenters. The number of carbonyl (C=O) groups excluding carboxylic acids is 3. The third kappa shape index (κ3) is 10.3. The Balaban J connectivity index is 1.79. The van der Waals surface area contributed by atoms with Crippen molar-refractivity contribution in [3.8, 4) is 5.75 Å². The van der Waals surface area contributed by atoms with Crippen LogP contribution in [-0.2, 0) is 19.1 Å². The monoisotopic (exact) mass is 546 g/mol. The highest BCUT2D eigenvalue weighted by molar-refractivity contribution is 9.10. The lowest BCUT2D eigenvalue weighted by Crippen LogP contribution is -2.38. The number of ether oxygens (including phenoxy) is 2. The van der Waals surface area contributed by atoms with Crippen LogP contribution < -0.4 is 20.8 Å².